The molecule has 0 radical (unpaired) electrons. The van der Waals surface area contributed by atoms with Crippen molar-refractivity contribution in [3.05, 3.63) is 93.5 Å². The third-order valence-electron chi connectivity index (χ3n) is 3.95. The predicted octanol–water partition coefficient (Wildman–Crippen LogP) is 4.52. The van der Waals surface area contributed by atoms with Gasteiger partial charge in [0.15, 0.2) is 6.61 Å². The van der Waals surface area contributed by atoms with Gasteiger partial charge in [-0.3, -0.25) is 19.7 Å². The van der Waals surface area contributed by atoms with E-state index in [0.717, 1.165) is 0 Å². The molecule has 0 heterocycles. The molecule has 0 spiro atoms. The molecule has 3 aromatic carbocycles. The monoisotopic (exact) mass is 425 g/mol. The van der Waals surface area contributed by atoms with Crippen molar-refractivity contribution >= 4 is 40.5 Å². The zero-order valence-electron chi connectivity index (χ0n) is 15.5. The molecule has 2 N–H and O–H groups in total. The van der Waals surface area contributed by atoms with Gasteiger partial charge in [-0.05, 0) is 42.5 Å². The fourth-order valence-electron chi connectivity index (χ4n) is 2.54. The lowest BCUT2D eigenvalue weighted by Gasteiger charge is -2.12. The summed E-state index contributed by atoms with van der Waals surface area (Å²) in [4.78, 5) is 35.1. The number of halogens is 1. The quantitative estimate of drug-likeness (QED) is 0.427. The number of ether oxygens (including phenoxy) is 1. The summed E-state index contributed by atoms with van der Waals surface area (Å²) in [6.45, 7) is -0.381. The highest BCUT2D eigenvalue weighted by atomic mass is 35.5. The number of rotatable bonds is 7. The first-order valence-corrected chi connectivity index (χ1v) is 9.13. The van der Waals surface area contributed by atoms with E-state index < -0.39 is 16.7 Å². The number of hydrogen-bond acceptors (Lipinski definition) is 5. The van der Waals surface area contributed by atoms with Gasteiger partial charge in [-0.1, -0.05) is 29.8 Å². The van der Waals surface area contributed by atoms with Crippen LogP contribution < -0.4 is 15.4 Å². The molecule has 0 aliphatic rings. The second-order valence-electron chi connectivity index (χ2n) is 6.10. The highest BCUT2D eigenvalue weighted by molar-refractivity contribution is 6.30. The van der Waals surface area contributed by atoms with E-state index in [1.54, 1.807) is 48.5 Å². The minimum Gasteiger partial charge on any atom is -0.484 e. The summed E-state index contributed by atoms with van der Waals surface area (Å²) in [6.07, 6.45) is 0. The van der Waals surface area contributed by atoms with Crippen molar-refractivity contribution in [3.8, 4) is 5.75 Å². The number of nitrogens with zero attached hydrogens (tertiary/aromatic N) is 1. The van der Waals surface area contributed by atoms with E-state index in [4.69, 9.17) is 16.3 Å². The van der Waals surface area contributed by atoms with Crippen LogP contribution in [0.25, 0.3) is 0 Å². The standard InChI is InChI=1S/C21H16ClN3O5/c22-14-8-10-15(11-9-14)23-21(27)18-6-1-2-7-19(18)24-20(26)13-30-17-5-3-4-16(12-17)25(28)29/h1-12H,13H2,(H,23,27)(H,24,26). The summed E-state index contributed by atoms with van der Waals surface area (Å²) in [7, 11) is 0. The normalized spacial score (nSPS) is 10.2. The maximum atomic E-state index is 12.6. The molecule has 30 heavy (non-hydrogen) atoms. The predicted molar refractivity (Wildman–Crippen MR) is 113 cm³/mol. The van der Waals surface area contributed by atoms with E-state index in [1.165, 1.54) is 24.3 Å². The largest absolute Gasteiger partial charge is 0.484 e. The van der Waals surface area contributed by atoms with E-state index in [1.807, 2.05) is 0 Å². The van der Waals surface area contributed by atoms with Gasteiger partial charge in [0, 0.05) is 16.8 Å². The average molecular weight is 426 g/mol. The van der Waals surface area contributed by atoms with Crippen LogP contribution in [-0.2, 0) is 4.79 Å². The fourth-order valence-corrected chi connectivity index (χ4v) is 2.67. The Morgan fingerprint density at radius 1 is 0.967 bits per heavy atom. The number of amides is 2. The number of nitrogens with one attached hydrogen (secondary N) is 2. The van der Waals surface area contributed by atoms with Crippen LogP contribution in [0.1, 0.15) is 10.4 Å². The molecule has 152 valence electrons. The summed E-state index contributed by atoms with van der Waals surface area (Å²) < 4.78 is 5.31. The van der Waals surface area contributed by atoms with E-state index >= 15 is 0 Å². The van der Waals surface area contributed by atoms with Gasteiger partial charge in [-0.25, -0.2) is 0 Å². The van der Waals surface area contributed by atoms with E-state index in [9.17, 15) is 19.7 Å². The molecule has 0 aromatic heterocycles. The molecule has 0 bridgehead atoms. The van der Waals surface area contributed by atoms with Crippen molar-refractivity contribution in [2.75, 3.05) is 17.2 Å². The van der Waals surface area contributed by atoms with Crippen LogP contribution in [0, 0.1) is 10.1 Å². The summed E-state index contributed by atoms with van der Waals surface area (Å²) in [5, 5.41) is 16.7. The molecule has 0 fully saturated rings. The molecule has 0 unspecified atom stereocenters. The number of nitro benzene ring substituents is 1. The highest BCUT2D eigenvalue weighted by Crippen LogP contribution is 2.21. The van der Waals surface area contributed by atoms with Gasteiger partial charge in [0.2, 0.25) is 0 Å². The van der Waals surface area contributed by atoms with Gasteiger partial charge in [0.1, 0.15) is 5.75 Å². The van der Waals surface area contributed by atoms with Crippen LogP contribution in [0.3, 0.4) is 0 Å². The summed E-state index contributed by atoms with van der Waals surface area (Å²) in [5.41, 5.74) is 0.976. The van der Waals surface area contributed by atoms with Gasteiger partial charge in [-0.2, -0.15) is 0 Å². The van der Waals surface area contributed by atoms with Crippen LogP contribution in [0.4, 0.5) is 17.1 Å². The number of carbonyl (C=O) groups is 2. The van der Waals surface area contributed by atoms with Crippen LogP contribution in [0.2, 0.25) is 5.02 Å². The molecule has 0 aliphatic carbocycles. The van der Waals surface area contributed by atoms with Crippen molar-refractivity contribution in [1.82, 2.24) is 0 Å². The molecule has 0 saturated heterocycles. The molecular weight excluding hydrogens is 410 g/mol. The molecule has 3 rings (SSSR count). The minimum absolute atomic E-state index is 0.142. The first-order chi connectivity index (χ1) is 14.4. The third kappa shape index (κ3) is 5.55. The van der Waals surface area contributed by atoms with Crippen molar-refractivity contribution < 1.29 is 19.2 Å². The molecule has 9 heteroatoms. The number of carbonyl (C=O) groups excluding carboxylic acids is 2. The van der Waals surface area contributed by atoms with Crippen LogP contribution in [0.15, 0.2) is 72.8 Å². The maximum Gasteiger partial charge on any atom is 0.273 e. The molecular formula is C21H16ClN3O5. The topological polar surface area (TPSA) is 111 Å². The SMILES string of the molecule is O=C(COc1cccc([N+](=O)[O-])c1)Nc1ccccc1C(=O)Nc1ccc(Cl)cc1. The number of nitro groups is 1. The second kappa shape index (κ2) is 9.53. The van der Waals surface area contributed by atoms with Gasteiger partial charge in [-0.15, -0.1) is 0 Å². The molecule has 3 aromatic rings. The Morgan fingerprint density at radius 2 is 1.70 bits per heavy atom. The van der Waals surface area contributed by atoms with E-state index in [0.29, 0.717) is 16.4 Å². The fraction of sp³-hybridized carbons (Fsp3) is 0.0476. The summed E-state index contributed by atoms with van der Waals surface area (Å²) >= 11 is 5.84. The Balaban J connectivity index is 1.64. The van der Waals surface area contributed by atoms with E-state index in [-0.39, 0.29) is 23.6 Å². The number of para-hydroxylation sites is 1. The Kier molecular flexibility index (Phi) is 6.61. The third-order valence-corrected chi connectivity index (χ3v) is 4.20. The molecule has 2 amide bonds. The minimum atomic E-state index is -0.553. The molecule has 0 atom stereocenters. The molecule has 8 nitrogen and oxygen atoms in total. The average Bonchev–Trinajstić information content (AvgIpc) is 2.74. The second-order valence-corrected chi connectivity index (χ2v) is 6.53. The van der Waals surface area contributed by atoms with Gasteiger partial charge >= 0.3 is 0 Å². The van der Waals surface area contributed by atoms with Crippen molar-refractivity contribution in [3.63, 3.8) is 0 Å². The van der Waals surface area contributed by atoms with Crippen LogP contribution in [-0.4, -0.2) is 23.3 Å². The van der Waals surface area contributed by atoms with Crippen LogP contribution in [0.5, 0.6) is 5.75 Å². The zero-order chi connectivity index (χ0) is 21.5. The first kappa shape index (κ1) is 20.8. The zero-order valence-corrected chi connectivity index (χ0v) is 16.3. The number of non-ortho nitro benzene ring substituents is 1. The Bertz CT molecular complexity index is 1090. The lowest BCUT2D eigenvalue weighted by molar-refractivity contribution is -0.384. The lowest BCUT2D eigenvalue weighted by atomic mass is 10.1. The maximum absolute atomic E-state index is 12.6. The smallest absolute Gasteiger partial charge is 0.273 e. The number of hydrogen-bond donors (Lipinski definition) is 2. The first-order valence-electron chi connectivity index (χ1n) is 8.75. The van der Waals surface area contributed by atoms with Crippen molar-refractivity contribution in [2.45, 2.75) is 0 Å². The van der Waals surface area contributed by atoms with Crippen molar-refractivity contribution in [1.29, 1.82) is 0 Å². The van der Waals surface area contributed by atoms with E-state index in [2.05, 4.69) is 10.6 Å². The van der Waals surface area contributed by atoms with Gasteiger partial charge in [0.25, 0.3) is 17.5 Å². The summed E-state index contributed by atoms with van der Waals surface area (Å²) in [6, 6.07) is 18.6. The number of anilines is 2. The molecule has 0 aliphatic heterocycles. The van der Waals surface area contributed by atoms with Gasteiger partial charge < -0.3 is 15.4 Å². The molecule has 0 saturated carbocycles. The van der Waals surface area contributed by atoms with Crippen molar-refractivity contribution in [2.24, 2.45) is 0 Å². The summed E-state index contributed by atoms with van der Waals surface area (Å²) in [5.74, 6) is -0.741. The Hall–Kier alpha value is -3.91. The Morgan fingerprint density at radius 3 is 2.43 bits per heavy atom. The lowest BCUT2D eigenvalue weighted by Crippen LogP contribution is -2.22. The van der Waals surface area contributed by atoms with Crippen LogP contribution >= 0.6 is 11.6 Å². The van der Waals surface area contributed by atoms with Gasteiger partial charge in [0.05, 0.1) is 22.2 Å². The highest BCUT2D eigenvalue weighted by Gasteiger charge is 2.14. The Labute approximate surface area is 176 Å². The number of benzene rings is 3.